The molecule has 0 saturated heterocycles. The third-order valence-electron chi connectivity index (χ3n) is 2.82. The second-order valence-corrected chi connectivity index (χ2v) is 4.55. The van der Waals surface area contributed by atoms with Gasteiger partial charge in [0.25, 0.3) is 0 Å². The molecule has 0 aromatic heterocycles. The minimum atomic E-state index is -0.924. The van der Waals surface area contributed by atoms with E-state index in [9.17, 15) is 4.79 Å². The highest BCUT2D eigenvalue weighted by Crippen LogP contribution is 2.23. The summed E-state index contributed by atoms with van der Waals surface area (Å²) < 4.78 is 5.54. The summed E-state index contributed by atoms with van der Waals surface area (Å²) in [4.78, 5) is 11.0. The number of hydrogen-bond acceptors (Lipinski definition) is 3. The largest absolute Gasteiger partial charge is 0.479 e. The fourth-order valence-electron chi connectivity index (χ4n) is 1.74. The summed E-state index contributed by atoms with van der Waals surface area (Å²) in [5.41, 5.74) is 7.72. The summed E-state index contributed by atoms with van der Waals surface area (Å²) in [6, 6.07) is 5.56. The summed E-state index contributed by atoms with van der Waals surface area (Å²) in [5, 5.41) is 9.05. The van der Waals surface area contributed by atoms with Crippen molar-refractivity contribution in [2.24, 2.45) is 5.73 Å². The third kappa shape index (κ3) is 3.74. The molecule has 1 rings (SSSR count). The molecular formula is C14H21NO3. The van der Waals surface area contributed by atoms with Gasteiger partial charge in [-0.25, -0.2) is 4.79 Å². The molecule has 4 heteroatoms. The average Bonchev–Trinajstić information content (AvgIpc) is 2.30. The quantitative estimate of drug-likeness (QED) is 0.815. The molecule has 0 aliphatic carbocycles. The molecule has 4 nitrogen and oxygen atoms in total. The van der Waals surface area contributed by atoms with Gasteiger partial charge in [0.1, 0.15) is 5.75 Å². The summed E-state index contributed by atoms with van der Waals surface area (Å²) in [6.07, 6.45) is 0.493. The monoisotopic (exact) mass is 251 g/mol. The van der Waals surface area contributed by atoms with Gasteiger partial charge < -0.3 is 15.6 Å². The minimum Gasteiger partial charge on any atom is -0.479 e. The molecule has 0 aliphatic heterocycles. The van der Waals surface area contributed by atoms with E-state index in [1.54, 1.807) is 6.07 Å². The van der Waals surface area contributed by atoms with Crippen molar-refractivity contribution in [3.8, 4) is 5.75 Å². The Labute approximate surface area is 108 Å². The van der Waals surface area contributed by atoms with Crippen LogP contribution in [0.15, 0.2) is 18.2 Å². The number of rotatable bonds is 6. The molecule has 3 N–H and O–H groups in total. The van der Waals surface area contributed by atoms with Crippen LogP contribution in [0.5, 0.6) is 5.75 Å². The number of hydrogen-bond donors (Lipinski definition) is 2. The van der Waals surface area contributed by atoms with Gasteiger partial charge in [0, 0.05) is 6.04 Å². The van der Waals surface area contributed by atoms with E-state index in [0.29, 0.717) is 12.2 Å². The highest BCUT2D eigenvalue weighted by Gasteiger charge is 2.19. The fraction of sp³-hybridized carbons (Fsp3) is 0.500. The molecule has 0 aliphatic rings. The highest BCUT2D eigenvalue weighted by molar-refractivity contribution is 5.72. The van der Waals surface area contributed by atoms with E-state index in [1.165, 1.54) is 0 Å². The number of nitrogens with two attached hydrogens (primary N) is 1. The lowest BCUT2D eigenvalue weighted by Crippen LogP contribution is -2.27. The van der Waals surface area contributed by atoms with Gasteiger partial charge in [-0.15, -0.1) is 0 Å². The van der Waals surface area contributed by atoms with Crippen LogP contribution in [-0.2, 0) is 4.79 Å². The van der Waals surface area contributed by atoms with E-state index in [-0.39, 0.29) is 6.04 Å². The molecule has 0 fully saturated rings. The normalized spacial score (nSPS) is 14.0. The number of aliphatic carboxylic acids is 1. The molecule has 0 bridgehead atoms. The number of benzene rings is 1. The average molecular weight is 251 g/mol. The Kier molecular flexibility index (Phi) is 5.16. The number of carbonyl (C=O) groups is 1. The Balaban J connectivity index is 2.86. The Morgan fingerprint density at radius 3 is 2.61 bits per heavy atom. The lowest BCUT2D eigenvalue weighted by atomic mass is 10.1. The van der Waals surface area contributed by atoms with Crippen molar-refractivity contribution in [1.82, 2.24) is 0 Å². The van der Waals surface area contributed by atoms with Crippen LogP contribution in [0, 0.1) is 6.92 Å². The molecule has 0 saturated carbocycles. The van der Waals surface area contributed by atoms with E-state index in [0.717, 1.165) is 17.5 Å². The van der Waals surface area contributed by atoms with Crippen molar-refractivity contribution >= 4 is 5.97 Å². The summed E-state index contributed by atoms with van der Waals surface area (Å²) in [5.74, 6) is -0.312. The van der Waals surface area contributed by atoms with E-state index in [2.05, 4.69) is 0 Å². The van der Waals surface area contributed by atoms with Gasteiger partial charge in [-0.1, -0.05) is 25.5 Å². The Morgan fingerprint density at radius 2 is 2.17 bits per heavy atom. The number of carboxylic acids is 1. The molecule has 0 heterocycles. The SMILES string of the molecule is CCCC(Oc1ccc(C(C)N)cc1C)C(=O)O. The van der Waals surface area contributed by atoms with Gasteiger partial charge in [-0.3, -0.25) is 0 Å². The minimum absolute atomic E-state index is 0.0383. The molecule has 100 valence electrons. The predicted octanol–water partition coefficient (Wildman–Crippen LogP) is 2.65. The van der Waals surface area contributed by atoms with Crippen molar-refractivity contribution in [3.05, 3.63) is 29.3 Å². The number of ether oxygens (including phenoxy) is 1. The second-order valence-electron chi connectivity index (χ2n) is 4.55. The van der Waals surface area contributed by atoms with Gasteiger partial charge in [0.15, 0.2) is 6.10 Å². The molecule has 0 radical (unpaired) electrons. The van der Waals surface area contributed by atoms with Crippen LogP contribution in [0.2, 0.25) is 0 Å². The first-order chi connectivity index (χ1) is 8.45. The van der Waals surface area contributed by atoms with E-state index in [1.807, 2.05) is 32.9 Å². The van der Waals surface area contributed by atoms with Crippen molar-refractivity contribution in [1.29, 1.82) is 0 Å². The van der Waals surface area contributed by atoms with Crippen LogP contribution in [0.4, 0.5) is 0 Å². The predicted molar refractivity (Wildman–Crippen MR) is 70.7 cm³/mol. The Hall–Kier alpha value is -1.55. The maximum absolute atomic E-state index is 11.0. The summed E-state index contributed by atoms with van der Waals surface area (Å²) in [6.45, 7) is 5.74. The molecule has 1 aromatic rings. The van der Waals surface area contributed by atoms with Crippen molar-refractivity contribution in [2.45, 2.75) is 45.8 Å². The zero-order valence-electron chi connectivity index (χ0n) is 11.1. The summed E-state index contributed by atoms with van der Waals surface area (Å²) in [7, 11) is 0. The smallest absolute Gasteiger partial charge is 0.344 e. The van der Waals surface area contributed by atoms with Crippen molar-refractivity contribution in [3.63, 3.8) is 0 Å². The third-order valence-corrected chi connectivity index (χ3v) is 2.82. The highest BCUT2D eigenvalue weighted by atomic mass is 16.5. The van der Waals surface area contributed by atoms with Crippen LogP contribution in [0.1, 0.15) is 43.9 Å². The molecule has 18 heavy (non-hydrogen) atoms. The molecule has 1 aromatic carbocycles. The number of aryl methyl sites for hydroxylation is 1. The lowest BCUT2D eigenvalue weighted by Gasteiger charge is -2.17. The van der Waals surface area contributed by atoms with Gasteiger partial charge >= 0.3 is 5.97 Å². The molecule has 0 spiro atoms. The van der Waals surface area contributed by atoms with Crippen molar-refractivity contribution in [2.75, 3.05) is 0 Å². The van der Waals surface area contributed by atoms with E-state index < -0.39 is 12.1 Å². The topological polar surface area (TPSA) is 72.5 Å². The zero-order chi connectivity index (χ0) is 13.7. The zero-order valence-corrected chi connectivity index (χ0v) is 11.1. The van der Waals surface area contributed by atoms with Gasteiger partial charge in [0.2, 0.25) is 0 Å². The Morgan fingerprint density at radius 1 is 1.50 bits per heavy atom. The van der Waals surface area contributed by atoms with Gasteiger partial charge in [0.05, 0.1) is 0 Å². The second kappa shape index (κ2) is 6.40. The fourth-order valence-corrected chi connectivity index (χ4v) is 1.74. The van der Waals surface area contributed by atoms with Crippen LogP contribution in [0.25, 0.3) is 0 Å². The van der Waals surface area contributed by atoms with Crippen LogP contribution < -0.4 is 10.5 Å². The number of carboxylic acid groups (broad SMARTS) is 1. The summed E-state index contributed by atoms with van der Waals surface area (Å²) >= 11 is 0. The molecular weight excluding hydrogens is 230 g/mol. The van der Waals surface area contributed by atoms with E-state index in [4.69, 9.17) is 15.6 Å². The van der Waals surface area contributed by atoms with Gasteiger partial charge in [-0.05, 0) is 37.5 Å². The maximum atomic E-state index is 11.0. The standard InChI is InChI=1S/C14H21NO3/c1-4-5-13(14(16)17)18-12-7-6-11(10(3)15)8-9(12)2/h6-8,10,13H,4-5,15H2,1-3H3,(H,16,17). The molecule has 2 atom stereocenters. The van der Waals surface area contributed by atoms with Gasteiger partial charge in [-0.2, -0.15) is 0 Å². The molecule has 2 unspecified atom stereocenters. The van der Waals surface area contributed by atoms with Crippen LogP contribution in [-0.4, -0.2) is 17.2 Å². The van der Waals surface area contributed by atoms with Crippen LogP contribution in [0.3, 0.4) is 0 Å². The first kappa shape index (κ1) is 14.5. The van der Waals surface area contributed by atoms with E-state index >= 15 is 0 Å². The first-order valence-electron chi connectivity index (χ1n) is 6.21. The van der Waals surface area contributed by atoms with Crippen molar-refractivity contribution < 1.29 is 14.6 Å². The maximum Gasteiger partial charge on any atom is 0.344 e. The molecule has 0 amide bonds. The lowest BCUT2D eigenvalue weighted by molar-refractivity contribution is -0.145. The van der Waals surface area contributed by atoms with Crippen LogP contribution >= 0.6 is 0 Å². The Bertz CT molecular complexity index is 416. The first-order valence-corrected chi connectivity index (χ1v) is 6.21.